The maximum atomic E-state index is 2.37. The van der Waals surface area contributed by atoms with Crippen LogP contribution in [0.5, 0.6) is 0 Å². The van der Waals surface area contributed by atoms with Gasteiger partial charge in [-0.3, -0.25) is 0 Å². The Hall–Kier alpha value is -4.04. The fourth-order valence-electron chi connectivity index (χ4n) is 4.62. The summed E-state index contributed by atoms with van der Waals surface area (Å²) >= 11 is 0. The van der Waals surface area contributed by atoms with Crippen molar-refractivity contribution in [3.63, 3.8) is 0 Å². The van der Waals surface area contributed by atoms with E-state index in [9.17, 15) is 0 Å². The van der Waals surface area contributed by atoms with E-state index in [1.54, 1.807) is 0 Å². The van der Waals surface area contributed by atoms with Crippen molar-refractivity contribution in [1.29, 1.82) is 0 Å². The van der Waals surface area contributed by atoms with Gasteiger partial charge in [-0.05, 0) is 60.4 Å². The van der Waals surface area contributed by atoms with Gasteiger partial charge in [0, 0.05) is 35.4 Å². The summed E-state index contributed by atoms with van der Waals surface area (Å²) in [5.74, 6) is 0. The van der Waals surface area contributed by atoms with Gasteiger partial charge in [0.25, 0.3) is 0 Å². The lowest BCUT2D eigenvalue weighted by atomic mass is 9.97. The van der Waals surface area contributed by atoms with Crippen LogP contribution in [0.25, 0.3) is 33.6 Å². The van der Waals surface area contributed by atoms with Crippen LogP contribution in [-0.2, 0) is 13.1 Å². The molecular formula is C32H30N2+2. The second-order valence-electron chi connectivity index (χ2n) is 8.77. The van der Waals surface area contributed by atoms with Crippen molar-refractivity contribution in [3.05, 3.63) is 133 Å². The van der Waals surface area contributed by atoms with Crippen LogP contribution in [0.1, 0.15) is 11.1 Å². The molecule has 0 spiro atoms. The normalized spacial score (nSPS) is 10.9. The van der Waals surface area contributed by atoms with Crippen molar-refractivity contribution in [3.8, 4) is 33.6 Å². The summed E-state index contributed by atoms with van der Waals surface area (Å²) in [6.45, 7) is 6.16. The second-order valence-corrected chi connectivity index (χ2v) is 8.77. The largest absolute Gasteiger partial charge is 0.213 e. The van der Waals surface area contributed by atoms with Crippen LogP contribution >= 0.6 is 0 Å². The Bertz CT molecular complexity index is 1420. The van der Waals surface area contributed by atoms with Crippen molar-refractivity contribution in [2.75, 3.05) is 0 Å². The van der Waals surface area contributed by atoms with Gasteiger partial charge in [0.15, 0.2) is 12.4 Å². The lowest BCUT2D eigenvalue weighted by molar-refractivity contribution is -0.768. The Morgan fingerprint density at radius 2 is 1.03 bits per heavy atom. The third kappa shape index (κ3) is 4.53. The third-order valence-electron chi connectivity index (χ3n) is 6.50. The number of pyridine rings is 2. The lowest BCUT2D eigenvalue weighted by Crippen LogP contribution is -2.46. The summed E-state index contributed by atoms with van der Waals surface area (Å²) in [5.41, 5.74) is 10.1. The maximum Gasteiger partial charge on any atom is 0.213 e. The van der Waals surface area contributed by atoms with Gasteiger partial charge in [0.05, 0.1) is 0 Å². The first-order valence-corrected chi connectivity index (χ1v) is 11.9. The van der Waals surface area contributed by atoms with Gasteiger partial charge < -0.3 is 0 Å². The highest BCUT2D eigenvalue weighted by Crippen LogP contribution is 2.27. The highest BCUT2D eigenvalue weighted by Gasteiger charge is 2.19. The summed E-state index contributed by atoms with van der Waals surface area (Å²) in [5, 5.41) is 0. The van der Waals surface area contributed by atoms with E-state index in [-0.39, 0.29) is 0 Å². The molecule has 0 N–H and O–H groups in total. The average molecular weight is 443 g/mol. The predicted octanol–water partition coefficient (Wildman–Crippen LogP) is 6.58. The fourth-order valence-corrected chi connectivity index (χ4v) is 4.62. The molecule has 0 aliphatic rings. The van der Waals surface area contributed by atoms with Gasteiger partial charge in [0.1, 0.15) is 0 Å². The van der Waals surface area contributed by atoms with Gasteiger partial charge in [-0.1, -0.05) is 60.7 Å². The standard InChI is InChI=1S/C32H30N2/c1-25-12-6-7-15-29(25)31-16-8-10-20-33(31)22-23-34-21-11-9-17-32(34)30-24-28(19-18-26(30)2)27-13-4-3-5-14-27/h3-21,24H,22-23H2,1-2H3/q+2. The molecule has 0 amide bonds. The van der Waals surface area contributed by atoms with Crippen LogP contribution in [0.4, 0.5) is 0 Å². The van der Waals surface area contributed by atoms with Gasteiger partial charge >= 0.3 is 0 Å². The minimum Gasteiger partial charge on any atom is -0.192 e. The molecule has 0 unspecified atom stereocenters. The average Bonchev–Trinajstić information content (AvgIpc) is 2.89. The first kappa shape index (κ1) is 21.8. The fraction of sp³-hybridized carbons (Fsp3) is 0.125. The molecule has 0 fully saturated rings. The predicted molar refractivity (Wildman–Crippen MR) is 139 cm³/mol. The zero-order valence-electron chi connectivity index (χ0n) is 19.9. The highest BCUT2D eigenvalue weighted by molar-refractivity contribution is 5.72. The molecule has 3 aromatic carbocycles. The molecule has 34 heavy (non-hydrogen) atoms. The number of aryl methyl sites for hydroxylation is 4. The molecule has 2 heterocycles. The molecule has 2 aromatic heterocycles. The first-order chi connectivity index (χ1) is 16.7. The van der Waals surface area contributed by atoms with E-state index in [4.69, 9.17) is 0 Å². The Morgan fingerprint density at radius 3 is 1.71 bits per heavy atom. The SMILES string of the molecule is Cc1ccccc1-c1cccc[n+]1CC[n+]1ccccc1-c1cc(-c2ccccc2)ccc1C. The van der Waals surface area contributed by atoms with Crippen LogP contribution in [0.15, 0.2) is 122 Å². The number of benzene rings is 3. The minimum atomic E-state index is 0.888. The van der Waals surface area contributed by atoms with E-state index in [1.165, 1.54) is 44.8 Å². The molecule has 0 aliphatic carbocycles. The Kier molecular flexibility index (Phi) is 6.31. The molecule has 0 aliphatic heterocycles. The molecule has 2 heteroatoms. The summed E-state index contributed by atoms with van der Waals surface area (Å²) in [4.78, 5) is 0. The van der Waals surface area contributed by atoms with Gasteiger partial charge in [-0.15, -0.1) is 0 Å². The molecule has 0 saturated carbocycles. The lowest BCUT2D eigenvalue weighted by Gasteiger charge is -2.10. The molecule has 0 bridgehead atoms. The quantitative estimate of drug-likeness (QED) is 0.262. The van der Waals surface area contributed by atoms with Crippen molar-refractivity contribution < 1.29 is 9.13 Å². The van der Waals surface area contributed by atoms with Crippen molar-refractivity contribution in [2.45, 2.75) is 26.9 Å². The van der Waals surface area contributed by atoms with Gasteiger partial charge in [0.2, 0.25) is 24.5 Å². The monoisotopic (exact) mass is 442 g/mol. The third-order valence-corrected chi connectivity index (χ3v) is 6.50. The first-order valence-electron chi connectivity index (χ1n) is 11.9. The van der Waals surface area contributed by atoms with E-state index in [2.05, 4.69) is 145 Å². The molecule has 0 saturated heterocycles. The Balaban J connectivity index is 1.48. The van der Waals surface area contributed by atoms with Gasteiger partial charge in [-0.25, -0.2) is 0 Å². The highest BCUT2D eigenvalue weighted by atomic mass is 15.0. The second kappa shape index (κ2) is 9.84. The van der Waals surface area contributed by atoms with Crippen LogP contribution in [0.3, 0.4) is 0 Å². The van der Waals surface area contributed by atoms with E-state index < -0.39 is 0 Å². The number of hydrogen-bond acceptors (Lipinski definition) is 0. The zero-order valence-corrected chi connectivity index (χ0v) is 19.9. The molecule has 5 rings (SSSR count). The smallest absolute Gasteiger partial charge is 0.192 e. The summed E-state index contributed by atoms with van der Waals surface area (Å²) in [6.07, 6.45) is 4.38. The van der Waals surface area contributed by atoms with Crippen molar-refractivity contribution >= 4 is 0 Å². The minimum absolute atomic E-state index is 0.888. The van der Waals surface area contributed by atoms with Gasteiger partial charge in [-0.2, -0.15) is 9.13 Å². The number of nitrogens with zero attached hydrogens (tertiary/aromatic N) is 2. The number of aromatic nitrogens is 2. The summed E-state index contributed by atoms with van der Waals surface area (Å²) < 4.78 is 4.73. The maximum absolute atomic E-state index is 2.37. The molecule has 0 atom stereocenters. The van der Waals surface area contributed by atoms with Crippen LogP contribution in [0.2, 0.25) is 0 Å². The number of rotatable bonds is 6. The molecular weight excluding hydrogens is 412 g/mol. The Labute approximate surface area is 202 Å². The molecule has 5 aromatic rings. The topological polar surface area (TPSA) is 7.76 Å². The van der Waals surface area contributed by atoms with E-state index in [0.29, 0.717) is 0 Å². The molecule has 2 nitrogen and oxygen atoms in total. The van der Waals surface area contributed by atoms with E-state index in [0.717, 1.165) is 13.1 Å². The number of hydrogen-bond donors (Lipinski definition) is 0. The van der Waals surface area contributed by atoms with Crippen LogP contribution in [-0.4, -0.2) is 0 Å². The Morgan fingerprint density at radius 1 is 0.471 bits per heavy atom. The van der Waals surface area contributed by atoms with Crippen LogP contribution in [0, 0.1) is 13.8 Å². The molecule has 166 valence electrons. The van der Waals surface area contributed by atoms with E-state index >= 15 is 0 Å². The summed E-state index contributed by atoms with van der Waals surface area (Å²) in [6, 6.07) is 38.9. The van der Waals surface area contributed by atoms with E-state index in [1.807, 2.05) is 0 Å². The van der Waals surface area contributed by atoms with Crippen molar-refractivity contribution in [2.24, 2.45) is 0 Å². The van der Waals surface area contributed by atoms with Crippen molar-refractivity contribution in [1.82, 2.24) is 0 Å². The molecule has 0 radical (unpaired) electrons. The zero-order chi connectivity index (χ0) is 23.3. The van der Waals surface area contributed by atoms with Crippen LogP contribution < -0.4 is 9.13 Å². The summed E-state index contributed by atoms with van der Waals surface area (Å²) in [7, 11) is 0.